The van der Waals surface area contributed by atoms with Crippen molar-refractivity contribution in [3.8, 4) is 0 Å². The maximum Gasteiger partial charge on any atom is 0.165 e. The number of aromatic nitrogens is 1. The quantitative estimate of drug-likeness (QED) is 0.763. The van der Waals surface area contributed by atoms with Crippen LogP contribution in [0.4, 0.5) is 10.2 Å². The smallest absolute Gasteiger partial charge is 0.165 e. The molecule has 76 valence electrons. The summed E-state index contributed by atoms with van der Waals surface area (Å²) < 4.78 is 13.2. The van der Waals surface area contributed by atoms with Crippen LogP contribution in [0, 0.1) is 11.7 Å². The summed E-state index contributed by atoms with van der Waals surface area (Å²) in [5.41, 5.74) is 5.60. The lowest BCUT2D eigenvalue weighted by molar-refractivity contribution is 0.601. The zero-order valence-corrected chi connectivity index (χ0v) is 7.91. The van der Waals surface area contributed by atoms with E-state index in [1.165, 1.54) is 18.9 Å². The fraction of sp³-hybridized carbons (Fsp3) is 0.500. The van der Waals surface area contributed by atoms with Crippen molar-refractivity contribution in [2.24, 2.45) is 11.7 Å². The Morgan fingerprint density at radius 1 is 1.64 bits per heavy atom. The molecule has 1 fully saturated rings. The van der Waals surface area contributed by atoms with E-state index in [4.69, 9.17) is 5.73 Å². The Kier molecular flexibility index (Phi) is 2.63. The van der Waals surface area contributed by atoms with Crippen molar-refractivity contribution in [2.75, 3.05) is 11.9 Å². The summed E-state index contributed by atoms with van der Waals surface area (Å²) in [5.74, 6) is 0.600. The maximum atomic E-state index is 13.2. The van der Waals surface area contributed by atoms with Gasteiger partial charge in [-0.3, -0.25) is 0 Å². The highest BCUT2D eigenvalue weighted by Gasteiger charge is 2.30. The van der Waals surface area contributed by atoms with Gasteiger partial charge in [0.2, 0.25) is 0 Å². The number of hydrogen-bond donors (Lipinski definition) is 2. The number of halogens is 1. The fourth-order valence-electron chi connectivity index (χ4n) is 1.54. The highest BCUT2D eigenvalue weighted by molar-refractivity contribution is 5.37. The molecule has 3 nitrogen and oxygen atoms in total. The van der Waals surface area contributed by atoms with Crippen LogP contribution < -0.4 is 11.1 Å². The molecule has 1 unspecified atom stereocenters. The van der Waals surface area contributed by atoms with Crippen LogP contribution in [-0.4, -0.2) is 17.6 Å². The lowest BCUT2D eigenvalue weighted by atomic mass is 10.2. The van der Waals surface area contributed by atoms with Gasteiger partial charge in [0, 0.05) is 18.8 Å². The largest absolute Gasteiger partial charge is 0.363 e. The van der Waals surface area contributed by atoms with Crippen LogP contribution in [0.5, 0.6) is 0 Å². The first-order valence-corrected chi connectivity index (χ1v) is 4.88. The second-order valence-electron chi connectivity index (χ2n) is 3.66. The molecule has 1 saturated carbocycles. The number of pyridine rings is 1. The highest BCUT2D eigenvalue weighted by Crippen LogP contribution is 2.33. The molecule has 0 spiro atoms. The van der Waals surface area contributed by atoms with E-state index >= 15 is 0 Å². The van der Waals surface area contributed by atoms with E-state index in [1.807, 2.05) is 0 Å². The van der Waals surface area contributed by atoms with Crippen LogP contribution >= 0.6 is 0 Å². The second-order valence-corrected chi connectivity index (χ2v) is 3.66. The minimum absolute atomic E-state index is 0.166. The molecule has 2 rings (SSSR count). The molecule has 1 heterocycles. The van der Waals surface area contributed by atoms with Gasteiger partial charge in [-0.15, -0.1) is 0 Å². The summed E-state index contributed by atoms with van der Waals surface area (Å²) in [6.45, 7) is 0.528. The molecular formula is C10H14FN3. The monoisotopic (exact) mass is 195 g/mol. The van der Waals surface area contributed by atoms with Crippen LogP contribution in [0.1, 0.15) is 12.8 Å². The molecule has 0 aliphatic heterocycles. The first-order valence-electron chi connectivity index (χ1n) is 4.88. The molecule has 1 aromatic rings. The van der Waals surface area contributed by atoms with E-state index in [1.54, 1.807) is 12.3 Å². The van der Waals surface area contributed by atoms with Crippen molar-refractivity contribution >= 4 is 5.82 Å². The van der Waals surface area contributed by atoms with Crippen LogP contribution in [0.3, 0.4) is 0 Å². The van der Waals surface area contributed by atoms with Gasteiger partial charge in [0.1, 0.15) is 0 Å². The van der Waals surface area contributed by atoms with Gasteiger partial charge in [0.05, 0.1) is 0 Å². The first kappa shape index (κ1) is 9.40. The summed E-state index contributed by atoms with van der Waals surface area (Å²) in [6.07, 6.45) is 3.94. The third kappa shape index (κ3) is 2.01. The van der Waals surface area contributed by atoms with E-state index in [0.717, 1.165) is 0 Å². The van der Waals surface area contributed by atoms with Gasteiger partial charge in [-0.2, -0.15) is 0 Å². The number of nitrogens with two attached hydrogens (primary N) is 1. The van der Waals surface area contributed by atoms with Crippen LogP contribution in [-0.2, 0) is 0 Å². The minimum Gasteiger partial charge on any atom is -0.363 e. The predicted molar refractivity (Wildman–Crippen MR) is 53.4 cm³/mol. The van der Waals surface area contributed by atoms with Gasteiger partial charge in [0.25, 0.3) is 0 Å². The standard InChI is InChI=1S/C10H14FN3/c11-8-2-1-5-13-10(8)14-9(6-12)7-3-4-7/h1-2,5,7,9H,3-4,6,12H2,(H,13,14). The van der Waals surface area contributed by atoms with Gasteiger partial charge in [-0.1, -0.05) is 0 Å². The number of nitrogens with one attached hydrogen (secondary N) is 1. The van der Waals surface area contributed by atoms with Gasteiger partial charge in [0.15, 0.2) is 11.6 Å². The fourth-order valence-corrected chi connectivity index (χ4v) is 1.54. The van der Waals surface area contributed by atoms with E-state index < -0.39 is 0 Å². The van der Waals surface area contributed by atoms with Crippen LogP contribution in [0.2, 0.25) is 0 Å². The van der Waals surface area contributed by atoms with E-state index in [2.05, 4.69) is 10.3 Å². The van der Waals surface area contributed by atoms with E-state index in [9.17, 15) is 4.39 Å². The Labute approximate surface area is 82.5 Å². The summed E-state index contributed by atoms with van der Waals surface area (Å²) >= 11 is 0. The average Bonchev–Trinajstić information content (AvgIpc) is 3.00. The summed E-state index contributed by atoms with van der Waals surface area (Å²) in [6, 6.07) is 3.14. The third-order valence-corrected chi connectivity index (χ3v) is 2.53. The van der Waals surface area contributed by atoms with Crippen molar-refractivity contribution < 1.29 is 4.39 Å². The lowest BCUT2D eigenvalue weighted by Crippen LogP contribution is -2.31. The van der Waals surface area contributed by atoms with Gasteiger partial charge < -0.3 is 11.1 Å². The molecule has 1 atom stereocenters. The highest BCUT2D eigenvalue weighted by atomic mass is 19.1. The number of rotatable bonds is 4. The summed E-state index contributed by atoms with van der Waals surface area (Å²) in [5, 5.41) is 3.05. The molecule has 0 aromatic carbocycles. The number of hydrogen-bond acceptors (Lipinski definition) is 3. The zero-order valence-electron chi connectivity index (χ0n) is 7.91. The molecule has 0 saturated heterocycles. The molecule has 1 aliphatic rings. The van der Waals surface area contributed by atoms with Crippen molar-refractivity contribution in [1.82, 2.24) is 4.98 Å². The first-order chi connectivity index (χ1) is 6.81. The molecule has 4 heteroatoms. The Hall–Kier alpha value is -1.16. The van der Waals surface area contributed by atoms with Crippen molar-refractivity contribution in [3.05, 3.63) is 24.1 Å². The van der Waals surface area contributed by atoms with Crippen LogP contribution in [0.25, 0.3) is 0 Å². The molecule has 1 aromatic heterocycles. The second kappa shape index (κ2) is 3.92. The topological polar surface area (TPSA) is 50.9 Å². The molecule has 0 bridgehead atoms. The van der Waals surface area contributed by atoms with Gasteiger partial charge in [-0.25, -0.2) is 9.37 Å². The summed E-state index contributed by atoms with van der Waals surface area (Å²) in [4.78, 5) is 3.93. The average molecular weight is 195 g/mol. The van der Waals surface area contributed by atoms with Gasteiger partial charge in [-0.05, 0) is 30.9 Å². The predicted octanol–water partition coefficient (Wildman–Crippen LogP) is 1.37. The minimum atomic E-state index is -0.313. The Balaban J connectivity index is 2.04. The van der Waals surface area contributed by atoms with Crippen LogP contribution in [0.15, 0.2) is 18.3 Å². The number of nitrogens with zero attached hydrogens (tertiary/aromatic N) is 1. The number of anilines is 1. The molecular weight excluding hydrogens is 181 g/mol. The normalized spacial score (nSPS) is 17.9. The SMILES string of the molecule is NCC(Nc1ncccc1F)C1CC1. The Bertz CT molecular complexity index is 312. The van der Waals surface area contributed by atoms with Gasteiger partial charge >= 0.3 is 0 Å². The Morgan fingerprint density at radius 3 is 3.00 bits per heavy atom. The van der Waals surface area contributed by atoms with E-state index in [0.29, 0.717) is 18.3 Å². The Morgan fingerprint density at radius 2 is 2.43 bits per heavy atom. The zero-order chi connectivity index (χ0) is 9.97. The molecule has 3 N–H and O–H groups in total. The van der Waals surface area contributed by atoms with Crippen molar-refractivity contribution in [1.29, 1.82) is 0 Å². The summed E-state index contributed by atoms with van der Waals surface area (Å²) in [7, 11) is 0. The van der Waals surface area contributed by atoms with E-state index in [-0.39, 0.29) is 11.9 Å². The van der Waals surface area contributed by atoms with Crippen molar-refractivity contribution in [2.45, 2.75) is 18.9 Å². The molecule has 1 aliphatic carbocycles. The third-order valence-electron chi connectivity index (χ3n) is 2.53. The molecule has 0 amide bonds. The van der Waals surface area contributed by atoms with Crippen molar-refractivity contribution in [3.63, 3.8) is 0 Å². The molecule has 14 heavy (non-hydrogen) atoms. The molecule has 0 radical (unpaired) electrons. The lowest BCUT2D eigenvalue weighted by Gasteiger charge is -2.16. The maximum absolute atomic E-state index is 13.2.